The van der Waals surface area contributed by atoms with Crippen LogP contribution in [0.2, 0.25) is 0 Å². The second kappa shape index (κ2) is 11.1. The van der Waals surface area contributed by atoms with E-state index >= 15 is 0 Å². The maximum Gasteiger partial charge on any atom is 0.320 e. The van der Waals surface area contributed by atoms with Gasteiger partial charge in [-0.3, -0.25) is 9.79 Å². The number of carboxylic acid groups (broad SMARTS) is 1. The summed E-state index contributed by atoms with van der Waals surface area (Å²) in [6.45, 7) is 0. The molecule has 5 nitrogen and oxygen atoms in total. The molecule has 0 saturated heterocycles. The van der Waals surface area contributed by atoms with Crippen LogP contribution in [0.25, 0.3) is 0 Å². The van der Waals surface area contributed by atoms with Crippen LogP contribution >= 0.6 is 24.8 Å². The minimum absolute atomic E-state index is 0. The number of aliphatic imine (C=N–C) groups is 1. The van der Waals surface area contributed by atoms with E-state index in [4.69, 9.17) is 16.6 Å². The summed E-state index contributed by atoms with van der Waals surface area (Å²) in [5.41, 5.74) is 11.1. The fourth-order valence-corrected chi connectivity index (χ4v) is 1.82. The molecule has 1 rings (SSSR count). The van der Waals surface area contributed by atoms with Crippen LogP contribution in [0.3, 0.4) is 0 Å². The molecule has 0 aromatic carbocycles. The minimum atomic E-state index is -0.966. The molecule has 2 atom stereocenters. The van der Waals surface area contributed by atoms with Crippen molar-refractivity contribution in [2.75, 3.05) is 0 Å². The van der Waals surface area contributed by atoms with Crippen molar-refractivity contribution >= 4 is 36.6 Å². The van der Waals surface area contributed by atoms with E-state index in [0.29, 0.717) is 6.42 Å². The molecule has 0 aliphatic carbocycles. The Labute approximate surface area is 126 Å². The number of aliphatic carboxylic acids is 1. The first-order valence-corrected chi connectivity index (χ1v) is 6.05. The lowest BCUT2D eigenvalue weighted by Crippen LogP contribution is -2.29. The van der Waals surface area contributed by atoms with Crippen LogP contribution in [-0.4, -0.2) is 29.0 Å². The predicted octanol–water partition coefficient (Wildman–Crippen LogP) is 1.88. The van der Waals surface area contributed by atoms with Gasteiger partial charge in [0.15, 0.2) is 0 Å². The maximum absolute atomic E-state index is 10.5. The first kappa shape index (κ1) is 20.5. The van der Waals surface area contributed by atoms with Crippen LogP contribution in [0.1, 0.15) is 38.5 Å². The highest BCUT2D eigenvalue weighted by Crippen LogP contribution is 2.15. The van der Waals surface area contributed by atoms with Crippen LogP contribution in [0.5, 0.6) is 0 Å². The molecule has 1 aliphatic rings. The number of rotatable bonds is 5. The number of hydrogen-bond acceptors (Lipinski definition) is 4. The number of carbonyl (C=O) groups is 1. The number of amidine groups is 1. The van der Waals surface area contributed by atoms with Crippen molar-refractivity contribution in [2.24, 2.45) is 16.5 Å². The van der Waals surface area contributed by atoms with Gasteiger partial charge in [-0.05, 0) is 25.7 Å². The summed E-state index contributed by atoms with van der Waals surface area (Å²) < 4.78 is 0. The van der Waals surface area contributed by atoms with Gasteiger partial charge in [-0.2, -0.15) is 0 Å². The van der Waals surface area contributed by atoms with Crippen molar-refractivity contribution in [3.8, 4) is 0 Å². The smallest absolute Gasteiger partial charge is 0.320 e. The first-order valence-electron chi connectivity index (χ1n) is 6.05. The Morgan fingerprint density at radius 1 is 1.42 bits per heavy atom. The van der Waals surface area contributed by atoms with E-state index in [-0.39, 0.29) is 30.9 Å². The summed E-state index contributed by atoms with van der Waals surface area (Å²) >= 11 is 0. The molecule has 1 heterocycles. The molecule has 7 heteroatoms. The van der Waals surface area contributed by atoms with Gasteiger partial charge in [-0.15, -0.1) is 24.8 Å². The fraction of sp³-hybridized carbons (Fsp3) is 0.667. The molecular formula is C12H23Cl2N3O2. The van der Waals surface area contributed by atoms with Gasteiger partial charge in [0.1, 0.15) is 6.04 Å². The molecule has 112 valence electrons. The van der Waals surface area contributed by atoms with E-state index in [2.05, 4.69) is 4.99 Å². The molecule has 1 aliphatic heterocycles. The molecule has 0 bridgehead atoms. The van der Waals surface area contributed by atoms with Gasteiger partial charge in [0.25, 0.3) is 0 Å². The summed E-state index contributed by atoms with van der Waals surface area (Å²) in [5.74, 6) is -0.227. The molecule has 5 N–H and O–H groups in total. The zero-order valence-corrected chi connectivity index (χ0v) is 12.5. The van der Waals surface area contributed by atoms with Gasteiger partial charge in [-0.1, -0.05) is 18.6 Å². The average molecular weight is 312 g/mol. The van der Waals surface area contributed by atoms with Gasteiger partial charge < -0.3 is 16.6 Å². The normalized spacial score (nSPS) is 20.7. The molecule has 0 radical (unpaired) electrons. The Bertz CT molecular complexity index is 322. The third-order valence-electron chi connectivity index (χ3n) is 2.85. The van der Waals surface area contributed by atoms with Crippen molar-refractivity contribution < 1.29 is 9.90 Å². The van der Waals surface area contributed by atoms with Crippen LogP contribution in [0.4, 0.5) is 0 Å². The zero-order chi connectivity index (χ0) is 12.7. The molecule has 0 amide bonds. The van der Waals surface area contributed by atoms with E-state index in [9.17, 15) is 4.79 Å². The van der Waals surface area contributed by atoms with Crippen LogP contribution in [-0.2, 0) is 4.79 Å². The zero-order valence-electron chi connectivity index (χ0n) is 10.8. The summed E-state index contributed by atoms with van der Waals surface area (Å²) in [6.07, 6.45) is 9.15. The van der Waals surface area contributed by atoms with E-state index in [1.54, 1.807) is 0 Å². The monoisotopic (exact) mass is 311 g/mol. The molecule has 0 fully saturated rings. The van der Waals surface area contributed by atoms with Crippen LogP contribution in [0.15, 0.2) is 17.1 Å². The summed E-state index contributed by atoms with van der Waals surface area (Å²) in [7, 11) is 0. The summed E-state index contributed by atoms with van der Waals surface area (Å²) in [5, 5.41) is 8.60. The van der Waals surface area contributed by atoms with Gasteiger partial charge in [0, 0.05) is 6.42 Å². The van der Waals surface area contributed by atoms with Crippen molar-refractivity contribution in [1.82, 2.24) is 0 Å². The first-order chi connectivity index (χ1) is 8.09. The summed E-state index contributed by atoms with van der Waals surface area (Å²) in [6, 6.07) is -0.566. The highest BCUT2D eigenvalue weighted by Gasteiger charge is 2.11. The Morgan fingerprint density at radius 2 is 2.11 bits per heavy atom. The second-order valence-electron chi connectivity index (χ2n) is 4.41. The van der Waals surface area contributed by atoms with E-state index in [1.165, 1.54) is 0 Å². The van der Waals surface area contributed by atoms with Gasteiger partial charge >= 0.3 is 5.97 Å². The van der Waals surface area contributed by atoms with E-state index in [0.717, 1.165) is 37.9 Å². The lowest BCUT2D eigenvalue weighted by Gasteiger charge is -2.07. The third-order valence-corrected chi connectivity index (χ3v) is 2.85. The average Bonchev–Trinajstić information content (AvgIpc) is 2.48. The maximum atomic E-state index is 10.5. The molecule has 1 unspecified atom stereocenters. The molecule has 19 heavy (non-hydrogen) atoms. The van der Waals surface area contributed by atoms with Crippen molar-refractivity contribution in [1.29, 1.82) is 0 Å². The predicted molar refractivity (Wildman–Crippen MR) is 82.4 cm³/mol. The van der Waals surface area contributed by atoms with Crippen molar-refractivity contribution in [3.63, 3.8) is 0 Å². The molecular weight excluding hydrogens is 289 g/mol. The lowest BCUT2D eigenvalue weighted by atomic mass is 10.1. The van der Waals surface area contributed by atoms with E-state index < -0.39 is 12.0 Å². The molecule has 0 saturated carbocycles. The van der Waals surface area contributed by atoms with Gasteiger partial charge in [-0.25, -0.2) is 0 Å². The Hall–Kier alpha value is -0.780. The van der Waals surface area contributed by atoms with E-state index in [1.807, 2.05) is 12.2 Å². The molecule has 0 aromatic heterocycles. The Kier molecular flexibility index (Phi) is 12.0. The number of nitrogens with zero attached hydrogens (tertiary/aromatic N) is 1. The highest BCUT2D eigenvalue weighted by molar-refractivity contribution is 5.85. The number of carboxylic acids is 1. The van der Waals surface area contributed by atoms with Crippen LogP contribution in [0, 0.1) is 0 Å². The van der Waals surface area contributed by atoms with Gasteiger partial charge in [0.2, 0.25) is 0 Å². The van der Waals surface area contributed by atoms with Crippen LogP contribution < -0.4 is 11.5 Å². The number of halogens is 2. The van der Waals surface area contributed by atoms with Crippen molar-refractivity contribution in [2.45, 2.75) is 50.6 Å². The minimum Gasteiger partial charge on any atom is -0.480 e. The van der Waals surface area contributed by atoms with Gasteiger partial charge in [0.05, 0.1) is 11.9 Å². The Morgan fingerprint density at radius 3 is 2.74 bits per heavy atom. The lowest BCUT2D eigenvalue weighted by molar-refractivity contribution is -0.138. The highest BCUT2D eigenvalue weighted by atomic mass is 35.5. The largest absolute Gasteiger partial charge is 0.480 e. The number of nitrogens with two attached hydrogens (primary N) is 2. The number of hydrogen-bond donors (Lipinski definition) is 3. The fourth-order valence-electron chi connectivity index (χ4n) is 1.82. The molecule has 0 aromatic rings. The molecule has 0 spiro atoms. The van der Waals surface area contributed by atoms with Crippen molar-refractivity contribution in [3.05, 3.63) is 12.2 Å². The summed E-state index contributed by atoms with van der Waals surface area (Å²) in [4.78, 5) is 14.9. The Balaban J connectivity index is 0. The SMILES string of the molecule is Cl.Cl.NC1=NC(C/C=C/C[C@H](N)C(=O)O)CCCC1. The third kappa shape index (κ3) is 8.86. The second-order valence-corrected chi connectivity index (χ2v) is 4.41. The standard InChI is InChI=1S/C12H21N3O2.2ClH/c13-10(12(16)17)7-3-1-5-9-6-2-4-8-11(14)15-9;;/h1,3,9-10H,2,4-8,13H2,(H2,14,15)(H,16,17);2*1H/b3-1+;;/t9?,10-;;/m0../s1. The topological polar surface area (TPSA) is 102 Å². The quantitative estimate of drug-likeness (QED) is 0.674.